The van der Waals surface area contributed by atoms with Crippen LogP contribution in [0.15, 0.2) is 0 Å². The van der Waals surface area contributed by atoms with Crippen LogP contribution in [0.4, 0.5) is 0 Å². The van der Waals surface area contributed by atoms with Crippen molar-refractivity contribution in [1.82, 2.24) is 5.32 Å². The Kier molecular flexibility index (Phi) is 4.56. The molecule has 1 atom stereocenters. The third-order valence-corrected chi connectivity index (χ3v) is 3.89. The van der Waals surface area contributed by atoms with Crippen LogP contribution in [-0.4, -0.2) is 36.5 Å². The average molecular weight is 215 g/mol. The first-order valence-corrected chi connectivity index (χ1v) is 6.02. The zero-order chi connectivity index (χ0) is 11.4. The summed E-state index contributed by atoms with van der Waals surface area (Å²) < 4.78 is 0. The maximum absolute atomic E-state index is 9.25. The van der Waals surface area contributed by atoms with Crippen molar-refractivity contribution in [2.24, 2.45) is 10.8 Å². The van der Waals surface area contributed by atoms with Crippen LogP contribution in [0.3, 0.4) is 0 Å². The molecule has 3 nitrogen and oxygen atoms in total. The number of aliphatic hydroxyl groups excluding tert-OH is 2. The van der Waals surface area contributed by atoms with Gasteiger partial charge in [0, 0.05) is 31.7 Å². The number of nitrogens with one attached hydrogen (secondary N) is 1. The molecule has 15 heavy (non-hydrogen) atoms. The van der Waals surface area contributed by atoms with Crippen LogP contribution in [0.25, 0.3) is 0 Å². The molecule has 0 aromatic carbocycles. The molecule has 0 bridgehead atoms. The molecule has 0 radical (unpaired) electrons. The molecule has 1 rings (SSSR count). The Morgan fingerprint density at radius 3 is 2.40 bits per heavy atom. The molecule has 0 aromatic rings. The SMILES string of the molecule is CCC(C)(CO)CNCC1(CCO)CC1. The maximum Gasteiger partial charge on any atom is 0.0496 e. The first-order chi connectivity index (χ1) is 7.10. The van der Waals surface area contributed by atoms with Crippen molar-refractivity contribution < 1.29 is 10.2 Å². The van der Waals surface area contributed by atoms with Gasteiger partial charge in [0.25, 0.3) is 0 Å². The first-order valence-electron chi connectivity index (χ1n) is 6.02. The molecule has 3 heteroatoms. The van der Waals surface area contributed by atoms with Gasteiger partial charge >= 0.3 is 0 Å². The lowest BCUT2D eigenvalue weighted by Gasteiger charge is -2.27. The van der Waals surface area contributed by atoms with Crippen LogP contribution in [0.5, 0.6) is 0 Å². The van der Waals surface area contributed by atoms with E-state index in [-0.39, 0.29) is 12.0 Å². The summed E-state index contributed by atoms with van der Waals surface area (Å²) in [5.74, 6) is 0. The third-order valence-electron chi connectivity index (χ3n) is 3.89. The summed E-state index contributed by atoms with van der Waals surface area (Å²) in [6.45, 7) is 6.61. The van der Waals surface area contributed by atoms with E-state index in [4.69, 9.17) is 5.11 Å². The molecule has 1 aliphatic carbocycles. The van der Waals surface area contributed by atoms with Gasteiger partial charge in [0.1, 0.15) is 0 Å². The minimum Gasteiger partial charge on any atom is -0.396 e. The minimum absolute atomic E-state index is 0.00922. The Morgan fingerprint density at radius 1 is 1.33 bits per heavy atom. The number of aliphatic hydroxyl groups is 2. The van der Waals surface area contributed by atoms with Gasteiger partial charge < -0.3 is 15.5 Å². The van der Waals surface area contributed by atoms with E-state index in [1.165, 1.54) is 12.8 Å². The Hall–Kier alpha value is -0.120. The molecule has 0 spiro atoms. The lowest BCUT2D eigenvalue weighted by atomic mass is 9.88. The zero-order valence-corrected chi connectivity index (χ0v) is 10.1. The topological polar surface area (TPSA) is 52.5 Å². The van der Waals surface area contributed by atoms with Gasteiger partial charge in [-0.05, 0) is 31.1 Å². The highest BCUT2D eigenvalue weighted by Crippen LogP contribution is 2.47. The van der Waals surface area contributed by atoms with Crippen molar-refractivity contribution in [2.45, 2.75) is 39.5 Å². The summed E-state index contributed by atoms with van der Waals surface area (Å²) in [6, 6.07) is 0. The summed E-state index contributed by atoms with van der Waals surface area (Å²) in [6.07, 6.45) is 4.39. The van der Waals surface area contributed by atoms with E-state index >= 15 is 0 Å². The highest BCUT2D eigenvalue weighted by Gasteiger charge is 2.41. The van der Waals surface area contributed by atoms with Gasteiger partial charge in [0.05, 0.1) is 0 Å². The predicted octanol–water partition coefficient (Wildman–Crippen LogP) is 1.15. The second kappa shape index (κ2) is 5.28. The van der Waals surface area contributed by atoms with Gasteiger partial charge in [0.2, 0.25) is 0 Å². The lowest BCUT2D eigenvalue weighted by molar-refractivity contribution is 0.132. The maximum atomic E-state index is 9.25. The zero-order valence-electron chi connectivity index (χ0n) is 10.1. The largest absolute Gasteiger partial charge is 0.396 e. The molecule has 0 saturated heterocycles. The normalized spacial score (nSPS) is 22.4. The van der Waals surface area contributed by atoms with Crippen LogP contribution in [0.1, 0.15) is 39.5 Å². The lowest BCUT2D eigenvalue weighted by Crippen LogP contribution is -2.37. The summed E-state index contributed by atoms with van der Waals surface area (Å²) in [5.41, 5.74) is 0.383. The van der Waals surface area contributed by atoms with Crippen LogP contribution in [0, 0.1) is 10.8 Å². The van der Waals surface area contributed by atoms with E-state index in [9.17, 15) is 5.11 Å². The number of hydrogen-bond donors (Lipinski definition) is 3. The predicted molar refractivity (Wildman–Crippen MR) is 61.7 cm³/mol. The summed E-state index contributed by atoms with van der Waals surface area (Å²) >= 11 is 0. The highest BCUT2D eigenvalue weighted by molar-refractivity contribution is 4.95. The molecule has 90 valence electrons. The molecule has 1 unspecified atom stereocenters. The van der Waals surface area contributed by atoms with E-state index in [0.717, 1.165) is 25.9 Å². The van der Waals surface area contributed by atoms with Crippen molar-refractivity contribution in [1.29, 1.82) is 0 Å². The molecule has 1 fully saturated rings. The van der Waals surface area contributed by atoms with Crippen molar-refractivity contribution in [3.63, 3.8) is 0 Å². The summed E-state index contributed by atoms with van der Waals surface area (Å²) in [5, 5.41) is 21.6. The van der Waals surface area contributed by atoms with E-state index in [2.05, 4.69) is 19.2 Å². The summed E-state index contributed by atoms with van der Waals surface area (Å²) in [7, 11) is 0. The fourth-order valence-electron chi connectivity index (χ4n) is 1.85. The van der Waals surface area contributed by atoms with Gasteiger partial charge in [-0.2, -0.15) is 0 Å². The Labute approximate surface area is 92.9 Å². The van der Waals surface area contributed by atoms with Crippen LogP contribution in [0.2, 0.25) is 0 Å². The van der Waals surface area contributed by atoms with Crippen molar-refractivity contribution in [2.75, 3.05) is 26.3 Å². The minimum atomic E-state index is 0.00922. The van der Waals surface area contributed by atoms with Crippen molar-refractivity contribution >= 4 is 0 Å². The molecule has 0 aliphatic heterocycles. The monoisotopic (exact) mass is 215 g/mol. The Balaban J connectivity index is 2.21. The van der Waals surface area contributed by atoms with E-state index < -0.39 is 0 Å². The second-order valence-corrected chi connectivity index (χ2v) is 5.40. The number of rotatable bonds is 8. The first kappa shape index (κ1) is 12.9. The van der Waals surface area contributed by atoms with E-state index in [1.807, 2.05) is 0 Å². The molecule has 0 amide bonds. The van der Waals surface area contributed by atoms with Crippen LogP contribution < -0.4 is 5.32 Å². The molecule has 1 aliphatic rings. The van der Waals surface area contributed by atoms with Crippen molar-refractivity contribution in [3.05, 3.63) is 0 Å². The van der Waals surface area contributed by atoms with Gasteiger partial charge in [0.15, 0.2) is 0 Å². The van der Waals surface area contributed by atoms with Gasteiger partial charge in [-0.15, -0.1) is 0 Å². The van der Waals surface area contributed by atoms with Gasteiger partial charge in [-0.1, -0.05) is 13.8 Å². The van der Waals surface area contributed by atoms with Crippen LogP contribution in [-0.2, 0) is 0 Å². The van der Waals surface area contributed by atoms with Gasteiger partial charge in [-0.3, -0.25) is 0 Å². The molecule has 1 saturated carbocycles. The number of hydrogen-bond acceptors (Lipinski definition) is 3. The molecular weight excluding hydrogens is 190 g/mol. The highest BCUT2D eigenvalue weighted by atomic mass is 16.3. The standard InChI is InChI=1S/C12H25NO2/c1-3-11(2,10-15)8-13-9-12(4-5-12)6-7-14/h13-15H,3-10H2,1-2H3. The molecular formula is C12H25NO2. The quantitative estimate of drug-likeness (QED) is 0.569. The Bertz CT molecular complexity index is 186. The van der Waals surface area contributed by atoms with E-state index in [1.54, 1.807) is 0 Å². The average Bonchev–Trinajstić information content (AvgIpc) is 2.99. The fourth-order valence-corrected chi connectivity index (χ4v) is 1.85. The molecule has 0 aromatic heterocycles. The van der Waals surface area contributed by atoms with Crippen molar-refractivity contribution in [3.8, 4) is 0 Å². The van der Waals surface area contributed by atoms with Crippen LogP contribution >= 0.6 is 0 Å². The Morgan fingerprint density at radius 2 is 2.00 bits per heavy atom. The fraction of sp³-hybridized carbons (Fsp3) is 1.00. The van der Waals surface area contributed by atoms with E-state index in [0.29, 0.717) is 12.0 Å². The summed E-state index contributed by atoms with van der Waals surface area (Å²) in [4.78, 5) is 0. The van der Waals surface area contributed by atoms with Gasteiger partial charge in [-0.25, -0.2) is 0 Å². The third kappa shape index (κ3) is 3.74. The smallest absolute Gasteiger partial charge is 0.0496 e. The molecule has 3 N–H and O–H groups in total. The molecule has 0 heterocycles. The second-order valence-electron chi connectivity index (χ2n) is 5.40.